The van der Waals surface area contributed by atoms with Crippen molar-refractivity contribution in [2.75, 3.05) is 25.1 Å². The summed E-state index contributed by atoms with van der Waals surface area (Å²) in [6.07, 6.45) is 3.78. The number of carbonyl (C=O) groups excluding carboxylic acids is 1. The van der Waals surface area contributed by atoms with Crippen LogP contribution in [0.1, 0.15) is 43.5 Å². The summed E-state index contributed by atoms with van der Waals surface area (Å²) in [5.41, 5.74) is 1.84. The smallest absolute Gasteiger partial charge is 0.252 e. The van der Waals surface area contributed by atoms with Gasteiger partial charge in [-0.25, -0.2) is 0 Å². The van der Waals surface area contributed by atoms with Crippen LogP contribution >= 0.6 is 0 Å². The lowest BCUT2D eigenvalue weighted by Crippen LogP contribution is -2.40. The third-order valence-corrected chi connectivity index (χ3v) is 4.47. The molecule has 2 N–H and O–H groups in total. The van der Waals surface area contributed by atoms with Gasteiger partial charge in [-0.2, -0.15) is 0 Å². The Hall–Kier alpha value is -2.07. The molecule has 0 atom stereocenters. The molecule has 3 rings (SSSR count). The molecule has 1 heterocycles. The van der Waals surface area contributed by atoms with Gasteiger partial charge in [-0.15, -0.1) is 0 Å². The lowest BCUT2D eigenvalue weighted by molar-refractivity contribution is 0.0914. The average molecular weight is 325 g/mol. The second-order valence-electron chi connectivity index (χ2n) is 6.92. The van der Waals surface area contributed by atoms with Crippen molar-refractivity contribution in [3.05, 3.63) is 42.0 Å². The summed E-state index contributed by atoms with van der Waals surface area (Å²) in [5.74, 6) is 0.00635. The van der Waals surface area contributed by atoms with Gasteiger partial charge in [0.05, 0.1) is 6.67 Å². The van der Waals surface area contributed by atoms with E-state index in [9.17, 15) is 4.79 Å². The first-order chi connectivity index (χ1) is 11.6. The number of rotatable bonds is 5. The number of hydrogen-bond donors (Lipinski definition) is 2. The van der Waals surface area contributed by atoms with E-state index in [2.05, 4.69) is 47.6 Å². The largest absolute Gasteiger partial charge is 0.383 e. The Kier molecular flexibility index (Phi) is 5.36. The first kappa shape index (κ1) is 16.8. The monoisotopic (exact) mass is 325 g/mol. The zero-order valence-corrected chi connectivity index (χ0v) is 14.6. The first-order valence-electron chi connectivity index (χ1n) is 8.93. The zero-order chi connectivity index (χ0) is 16.9. The van der Waals surface area contributed by atoms with Gasteiger partial charge in [-0.1, -0.05) is 18.6 Å². The number of piperidine rings is 1. The Balaban J connectivity index is 1.66. The molecule has 1 aliphatic heterocycles. The zero-order valence-electron chi connectivity index (χ0n) is 14.6. The quantitative estimate of drug-likeness (QED) is 0.878. The number of fused-ring (bicyclic) bond motifs is 1. The molecular formula is C20H27N3O. The molecular weight excluding hydrogens is 298 g/mol. The number of benzene rings is 2. The maximum Gasteiger partial charge on any atom is 0.252 e. The Morgan fingerprint density at radius 2 is 1.75 bits per heavy atom. The third kappa shape index (κ3) is 4.26. The maximum atomic E-state index is 12.4. The summed E-state index contributed by atoms with van der Waals surface area (Å²) >= 11 is 0. The molecule has 0 bridgehead atoms. The molecule has 24 heavy (non-hydrogen) atoms. The Morgan fingerprint density at radius 1 is 1.04 bits per heavy atom. The summed E-state index contributed by atoms with van der Waals surface area (Å²) in [7, 11) is 0. The highest BCUT2D eigenvalue weighted by Crippen LogP contribution is 2.21. The third-order valence-electron chi connectivity index (χ3n) is 4.47. The van der Waals surface area contributed by atoms with Gasteiger partial charge < -0.3 is 10.6 Å². The van der Waals surface area contributed by atoms with Crippen LogP contribution in [-0.2, 0) is 0 Å². The van der Waals surface area contributed by atoms with Gasteiger partial charge in [0.2, 0.25) is 0 Å². The van der Waals surface area contributed by atoms with Crippen molar-refractivity contribution in [1.82, 2.24) is 10.2 Å². The van der Waals surface area contributed by atoms with Gasteiger partial charge in [0.1, 0.15) is 0 Å². The highest BCUT2D eigenvalue weighted by molar-refractivity contribution is 5.99. The molecule has 1 saturated heterocycles. The van der Waals surface area contributed by atoms with Crippen LogP contribution in [0.2, 0.25) is 0 Å². The van der Waals surface area contributed by atoms with Gasteiger partial charge >= 0.3 is 0 Å². The fourth-order valence-electron chi connectivity index (χ4n) is 3.21. The predicted octanol–water partition coefficient (Wildman–Crippen LogP) is 3.83. The molecule has 0 unspecified atom stereocenters. The van der Waals surface area contributed by atoms with Crippen LogP contribution in [0, 0.1) is 0 Å². The van der Waals surface area contributed by atoms with Crippen LogP contribution in [-0.4, -0.2) is 36.6 Å². The van der Waals surface area contributed by atoms with Crippen LogP contribution in [0.25, 0.3) is 10.8 Å². The summed E-state index contributed by atoms with van der Waals surface area (Å²) in [6.45, 7) is 7.07. The minimum absolute atomic E-state index is 0.00635. The van der Waals surface area contributed by atoms with Crippen LogP contribution in [0.4, 0.5) is 5.69 Å². The molecule has 0 radical (unpaired) electrons. The molecule has 2 aromatic carbocycles. The maximum absolute atomic E-state index is 12.4. The van der Waals surface area contributed by atoms with Crippen molar-refractivity contribution >= 4 is 22.4 Å². The van der Waals surface area contributed by atoms with E-state index in [1.54, 1.807) is 0 Å². The van der Waals surface area contributed by atoms with Gasteiger partial charge in [-0.3, -0.25) is 9.69 Å². The van der Waals surface area contributed by atoms with Crippen LogP contribution < -0.4 is 10.6 Å². The van der Waals surface area contributed by atoms with E-state index < -0.39 is 0 Å². The van der Waals surface area contributed by atoms with Crippen molar-refractivity contribution in [1.29, 1.82) is 0 Å². The Labute approximate surface area is 144 Å². The van der Waals surface area contributed by atoms with Gasteiger partial charge in [0.15, 0.2) is 0 Å². The van der Waals surface area contributed by atoms with Crippen LogP contribution in [0.5, 0.6) is 0 Å². The summed E-state index contributed by atoms with van der Waals surface area (Å²) in [4.78, 5) is 14.7. The summed E-state index contributed by atoms with van der Waals surface area (Å²) in [5, 5.41) is 8.69. The van der Waals surface area contributed by atoms with E-state index in [1.807, 2.05) is 18.2 Å². The van der Waals surface area contributed by atoms with E-state index in [-0.39, 0.29) is 5.91 Å². The fraction of sp³-hybridized carbons (Fsp3) is 0.450. The van der Waals surface area contributed by atoms with Gasteiger partial charge in [-0.05, 0) is 74.8 Å². The minimum atomic E-state index is 0.00635. The second-order valence-corrected chi connectivity index (χ2v) is 6.92. The standard InChI is InChI=1S/C20H27N3O/c1-15(2)22-19-9-8-16-12-18(7-6-17(16)13-19)20(24)21-14-23-10-4-3-5-11-23/h6-9,12-13,15,22H,3-5,10-11,14H2,1-2H3,(H,21,24). The topological polar surface area (TPSA) is 44.4 Å². The molecule has 1 fully saturated rings. The first-order valence-corrected chi connectivity index (χ1v) is 8.93. The number of likely N-dealkylation sites (tertiary alicyclic amines) is 1. The van der Waals surface area contributed by atoms with E-state index >= 15 is 0 Å². The van der Waals surface area contributed by atoms with Gasteiger partial charge in [0.25, 0.3) is 5.91 Å². The van der Waals surface area contributed by atoms with Crippen molar-refractivity contribution in [3.63, 3.8) is 0 Å². The average Bonchev–Trinajstić information content (AvgIpc) is 2.59. The number of hydrogen-bond acceptors (Lipinski definition) is 3. The fourth-order valence-corrected chi connectivity index (χ4v) is 3.21. The lowest BCUT2D eigenvalue weighted by Gasteiger charge is -2.26. The molecule has 1 aliphatic rings. The summed E-state index contributed by atoms with van der Waals surface area (Å²) < 4.78 is 0. The Bertz CT molecular complexity index is 705. The number of carbonyl (C=O) groups is 1. The minimum Gasteiger partial charge on any atom is -0.383 e. The number of nitrogens with zero attached hydrogens (tertiary/aromatic N) is 1. The molecule has 0 aliphatic carbocycles. The SMILES string of the molecule is CC(C)Nc1ccc2cc(C(=O)NCN3CCCCC3)ccc2c1. The highest BCUT2D eigenvalue weighted by atomic mass is 16.1. The second kappa shape index (κ2) is 7.67. The Morgan fingerprint density at radius 3 is 2.50 bits per heavy atom. The van der Waals surface area contributed by atoms with Crippen LogP contribution in [0.3, 0.4) is 0 Å². The molecule has 2 aromatic rings. The molecule has 0 saturated carbocycles. The van der Waals surface area contributed by atoms with Crippen LogP contribution in [0.15, 0.2) is 36.4 Å². The van der Waals surface area contributed by atoms with Crippen molar-refractivity contribution < 1.29 is 4.79 Å². The molecule has 1 amide bonds. The molecule has 4 nitrogen and oxygen atoms in total. The van der Waals surface area contributed by atoms with E-state index in [0.717, 1.165) is 35.1 Å². The van der Waals surface area contributed by atoms with E-state index in [4.69, 9.17) is 0 Å². The number of amides is 1. The normalized spacial score (nSPS) is 15.6. The molecule has 0 spiro atoms. The van der Waals surface area contributed by atoms with E-state index in [1.165, 1.54) is 19.3 Å². The summed E-state index contributed by atoms with van der Waals surface area (Å²) in [6, 6.07) is 12.6. The van der Waals surface area contributed by atoms with Crippen molar-refractivity contribution in [2.24, 2.45) is 0 Å². The molecule has 128 valence electrons. The van der Waals surface area contributed by atoms with Crippen molar-refractivity contribution in [3.8, 4) is 0 Å². The predicted molar refractivity (Wildman–Crippen MR) is 100 cm³/mol. The number of anilines is 1. The molecule has 0 aromatic heterocycles. The molecule has 4 heteroatoms. The highest BCUT2D eigenvalue weighted by Gasteiger charge is 2.12. The van der Waals surface area contributed by atoms with Gasteiger partial charge in [0, 0.05) is 17.3 Å². The van der Waals surface area contributed by atoms with E-state index in [0.29, 0.717) is 12.7 Å². The number of nitrogens with one attached hydrogen (secondary N) is 2. The lowest BCUT2D eigenvalue weighted by atomic mass is 10.1. The van der Waals surface area contributed by atoms with Crippen molar-refractivity contribution in [2.45, 2.75) is 39.2 Å².